The quantitative estimate of drug-likeness (QED) is 0.262. The van der Waals surface area contributed by atoms with Crippen LogP contribution >= 0.6 is 0 Å². The summed E-state index contributed by atoms with van der Waals surface area (Å²) in [5.41, 5.74) is 7.05. The lowest BCUT2D eigenvalue weighted by molar-refractivity contribution is -0.143. The SMILES string of the molecule is C=C[C@H](CC(=O)OCC)NC(=O)CC/C=C/c1ccc(C(=N)N)cc1. The minimum atomic E-state index is -0.422. The number of amides is 1. The number of hydrogen-bond acceptors (Lipinski definition) is 4. The number of nitrogens with one attached hydrogen (secondary N) is 2. The molecule has 1 amide bonds. The van der Waals surface area contributed by atoms with Gasteiger partial charge in [-0.05, 0) is 18.9 Å². The van der Waals surface area contributed by atoms with Crippen molar-refractivity contribution in [3.05, 3.63) is 54.1 Å². The summed E-state index contributed by atoms with van der Waals surface area (Å²) >= 11 is 0. The van der Waals surface area contributed by atoms with E-state index in [1.54, 1.807) is 19.1 Å². The van der Waals surface area contributed by atoms with E-state index >= 15 is 0 Å². The fourth-order valence-electron chi connectivity index (χ4n) is 2.08. The lowest BCUT2D eigenvalue weighted by Gasteiger charge is -2.13. The fraction of sp³-hybridized carbons (Fsp3) is 0.316. The lowest BCUT2D eigenvalue weighted by atomic mass is 10.1. The Kier molecular flexibility index (Phi) is 8.71. The Hall–Kier alpha value is -2.89. The Morgan fingerprint density at radius 1 is 1.36 bits per heavy atom. The largest absolute Gasteiger partial charge is 0.466 e. The molecule has 0 aliphatic heterocycles. The molecule has 0 radical (unpaired) electrons. The minimum absolute atomic E-state index is 0.0341. The Bertz CT molecular complexity index is 636. The number of esters is 1. The van der Waals surface area contributed by atoms with E-state index in [2.05, 4.69) is 11.9 Å². The Morgan fingerprint density at radius 2 is 2.04 bits per heavy atom. The van der Waals surface area contributed by atoms with Gasteiger partial charge < -0.3 is 15.8 Å². The molecule has 0 heterocycles. The summed E-state index contributed by atoms with van der Waals surface area (Å²) in [7, 11) is 0. The molecule has 1 rings (SSSR count). The summed E-state index contributed by atoms with van der Waals surface area (Å²) in [6.07, 6.45) is 6.30. The van der Waals surface area contributed by atoms with Crippen LogP contribution in [0.15, 0.2) is 43.0 Å². The molecule has 1 aromatic carbocycles. The second-order valence-corrected chi connectivity index (χ2v) is 5.40. The number of rotatable bonds is 10. The zero-order chi connectivity index (χ0) is 18.7. The van der Waals surface area contributed by atoms with E-state index in [9.17, 15) is 9.59 Å². The van der Waals surface area contributed by atoms with Crippen LogP contribution in [0.2, 0.25) is 0 Å². The standard InChI is InChI=1S/C19H25N3O3/c1-3-16(13-18(24)25-4-2)22-17(23)8-6-5-7-14-9-11-15(12-10-14)19(20)21/h3,5,7,9-12,16H,1,4,6,8,13H2,2H3,(H3,20,21)(H,22,23)/b7-5+/t16-/m1/s1. The van der Waals surface area contributed by atoms with Crippen LogP contribution in [0.1, 0.15) is 37.3 Å². The highest BCUT2D eigenvalue weighted by molar-refractivity contribution is 5.95. The van der Waals surface area contributed by atoms with Crippen molar-refractivity contribution in [1.82, 2.24) is 5.32 Å². The topological polar surface area (TPSA) is 105 Å². The molecule has 0 aliphatic rings. The van der Waals surface area contributed by atoms with Gasteiger partial charge in [-0.25, -0.2) is 0 Å². The van der Waals surface area contributed by atoms with Gasteiger partial charge in [0.05, 0.1) is 19.1 Å². The zero-order valence-electron chi connectivity index (χ0n) is 14.5. The maximum Gasteiger partial charge on any atom is 0.308 e. The molecule has 1 aromatic rings. The number of nitrogens with two attached hydrogens (primary N) is 1. The molecular formula is C19H25N3O3. The zero-order valence-corrected chi connectivity index (χ0v) is 14.5. The van der Waals surface area contributed by atoms with E-state index in [0.29, 0.717) is 25.0 Å². The predicted octanol–water partition coefficient (Wildman–Crippen LogP) is 2.39. The van der Waals surface area contributed by atoms with Gasteiger partial charge in [-0.1, -0.05) is 42.5 Å². The summed E-state index contributed by atoms with van der Waals surface area (Å²) in [4.78, 5) is 23.3. The number of hydrogen-bond donors (Lipinski definition) is 3. The van der Waals surface area contributed by atoms with Crippen molar-refractivity contribution in [2.45, 2.75) is 32.2 Å². The highest BCUT2D eigenvalue weighted by Gasteiger charge is 2.13. The van der Waals surface area contributed by atoms with E-state index in [1.165, 1.54) is 6.08 Å². The van der Waals surface area contributed by atoms with Gasteiger partial charge in [0.25, 0.3) is 0 Å². The van der Waals surface area contributed by atoms with E-state index in [-0.39, 0.29) is 24.1 Å². The first-order valence-electron chi connectivity index (χ1n) is 8.14. The number of allylic oxidation sites excluding steroid dienone is 1. The van der Waals surface area contributed by atoms with Crippen molar-refractivity contribution < 1.29 is 14.3 Å². The van der Waals surface area contributed by atoms with Gasteiger partial charge in [0.15, 0.2) is 0 Å². The highest BCUT2D eigenvalue weighted by Crippen LogP contribution is 2.07. The van der Waals surface area contributed by atoms with Crippen LogP contribution in [0.4, 0.5) is 0 Å². The molecule has 0 saturated carbocycles. The van der Waals surface area contributed by atoms with Crippen LogP contribution in [0, 0.1) is 5.41 Å². The first-order chi connectivity index (χ1) is 12.0. The molecule has 0 bridgehead atoms. The van der Waals surface area contributed by atoms with Crippen molar-refractivity contribution in [3.8, 4) is 0 Å². The first kappa shape index (κ1) is 20.2. The monoisotopic (exact) mass is 343 g/mol. The van der Waals surface area contributed by atoms with Crippen LogP contribution in [0.5, 0.6) is 0 Å². The van der Waals surface area contributed by atoms with E-state index < -0.39 is 6.04 Å². The van der Waals surface area contributed by atoms with Crippen LogP contribution in [0.3, 0.4) is 0 Å². The smallest absolute Gasteiger partial charge is 0.308 e. The molecule has 1 atom stereocenters. The highest BCUT2D eigenvalue weighted by atomic mass is 16.5. The van der Waals surface area contributed by atoms with Gasteiger partial charge in [0.1, 0.15) is 5.84 Å². The Labute approximate surface area is 148 Å². The average molecular weight is 343 g/mol. The number of carbonyl (C=O) groups is 2. The number of nitrogen functional groups attached to an aromatic ring is 1. The van der Waals surface area contributed by atoms with Crippen molar-refractivity contribution in [2.24, 2.45) is 5.73 Å². The van der Waals surface area contributed by atoms with E-state index in [0.717, 1.165) is 5.56 Å². The molecular weight excluding hydrogens is 318 g/mol. The predicted molar refractivity (Wildman–Crippen MR) is 99.1 cm³/mol. The molecule has 0 saturated heterocycles. The summed E-state index contributed by atoms with van der Waals surface area (Å²) in [6.45, 7) is 5.67. The van der Waals surface area contributed by atoms with Crippen molar-refractivity contribution in [1.29, 1.82) is 5.41 Å². The molecule has 4 N–H and O–H groups in total. The van der Waals surface area contributed by atoms with Crippen molar-refractivity contribution in [3.63, 3.8) is 0 Å². The van der Waals surface area contributed by atoms with Crippen molar-refractivity contribution >= 4 is 23.8 Å². The summed E-state index contributed by atoms with van der Waals surface area (Å²) in [5.74, 6) is -0.473. The van der Waals surface area contributed by atoms with Crippen LogP contribution in [0.25, 0.3) is 6.08 Å². The third-order valence-corrected chi connectivity index (χ3v) is 3.39. The van der Waals surface area contributed by atoms with Gasteiger partial charge in [-0.3, -0.25) is 15.0 Å². The second kappa shape index (κ2) is 10.8. The third-order valence-electron chi connectivity index (χ3n) is 3.39. The Balaban J connectivity index is 2.38. The second-order valence-electron chi connectivity index (χ2n) is 5.40. The number of carbonyl (C=O) groups excluding carboxylic acids is 2. The summed E-state index contributed by atoms with van der Waals surface area (Å²) < 4.78 is 4.86. The molecule has 0 fully saturated rings. The van der Waals surface area contributed by atoms with Crippen LogP contribution < -0.4 is 11.1 Å². The van der Waals surface area contributed by atoms with Gasteiger partial charge >= 0.3 is 5.97 Å². The van der Waals surface area contributed by atoms with Crippen molar-refractivity contribution in [2.75, 3.05) is 6.61 Å². The molecule has 0 unspecified atom stereocenters. The molecule has 134 valence electrons. The molecule has 6 heteroatoms. The number of benzene rings is 1. The molecule has 0 aromatic heterocycles. The third kappa shape index (κ3) is 7.97. The van der Waals surface area contributed by atoms with E-state index in [1.807, 2.05) is 24.3 Å². The van der Waals surface area contributed by atoms with Gasteiger partial charge in [0.2, 0.25) is 5.91 Å². The van der Waals surface area contributed by atoms with Gasteiger partial charge in [-0.2, -0.15) is 0 Å². The normalized spacial score (nSPS) is 11.7. The Morgan fingerprint density at radius 3 is 2.60 bits per heavy atom. The number of amidine groups is 1. The molecule has 6 nitrogen and oxygen atoms in total. The van der Waals surface area contributed by atoms with E-state index in [4.69, 9.17) is 15.9 Å². The average Bonchev–Trinajstić information content (AvgIpc) is 2.58. The molecule has 0 spiro atoms. The summed E-state index contributed by atoms with van der Waals surface area (Å²) in [5, 5.41) is 10.1. The van der Waals surface area contributed by atoms with Gasteiger partial charge in [-0.15, -0.1) is 6.58 Å². The number of ether oxygens (including phenoxy) is 1. The molecule has 25 heavy (non-hydrogen) atoms. The lowest BCUT2D eigenvalue weighted by Crippen LogP contribution is -2.35. The van der Waals surface area contributed by atoms with Crippen LogP contribution in [-0.2, 0) is 14.3 Å². The van der Waals surface area contributed by atoms with Crippen LogP contribution in [-0.4, -0.2) is 30.4 Å². The summed E-state index contributed by atoms with van der Waals surface area (Å²) in [6, 6.07) is 6.85. The minimum Gasteiger partial charge on any atom is -0.466 e. The maximum absolute atomic E-state index is 11.9. The maximum atomic E-state index is 11.9. The molecule has 0 aliphatic carbocycles. The fourth-order valence-corrected chi connectivity index (χ4v) is 2.08. The van der Waals surface area contributed by atoms with Gasteiger partial charge in [0, 0.05) is 12.0 Å². The first-order valence-corrected chi connectivity index (χ1v) is 8.14.